The van der Waals surface area contributed by atoms with E-state index in [-0.39, 0.29) is 12.4 Å². The molecule has 1 amide bonds. The highest BCUT2D eigenvalue weighted by Gasteiger charge is 2.05. The number of hydrogen-bond donors (Lipinski definition) is 1. The molecule has 0 aromatic heterocycles. The summed E-state index contributed by atoms with van der Waals surface area (Å²) in [5, 5.41) is 0. The van der Waals surface area contributed by atoms with Gasteiger partial charge in [-0.15, -0.1) is 0 Å². The van der Waals surface area contributed by atoms with E-state index in [1.165, 1.54) is 7.11 Å². The number of benzene rings is 1. The maximum absolute atomic E-state index is 11.1. The van der Waals surface area contributed by atoms with Crippen molar-refractivity contribution in [3.05, 3.63) is 35.4 Å². The Morgan fingerprint density at radius 2 is 2.06 bits per heavy atom. The van der Waals surface area contributed by atoms with Gasteiger partial charge in [0.1, 0.15) is 0 Å². The molecule has 4 heteroatoms. The van der Waals surface area contributed by atoms with Crippen molar-refractivity contribution in [1.29, 1.82) is 0 Å². The second-order valence-corrected chi connectivity index (χ2v) is 3.02. The quantitative estimate of drug-likeness (QED) is 0.570. The molecular formula is C12H11NO3. The number of ether oxygens (including phenoxy) is 1. The van der Waals surface area contributed by atoms with E-state index in [4.69, 9.17) is 5.73 Å². The molecular weight excluding hydrogens is 206 g/mol. The van der Waals surface area contributed by atoms with Crippen LogP contribution in [0.25, 0.3) is 0 Å². The zero-order valence-electron chi connectivity index (χ0n) is 8.82. The number of primary amides is 1. The van der Waals surface area contributed by atoms with Crippen molar-refractivity contribution in [3.63, 3.8) is 0 Å². The first-order valence-electron chi connectivity index (χ1n) is 4.59. The maximum Gasteiger partial charge on any atom is 0.310 e. The van der Waals surface area contributed by atoms with Gasteiger partial charge >= 0.3 is 5.97 Å². The molecule has 2 N–H and O–H groups in total. The number of methoxy groups -OCH3 is 1. The van der Waals surface area contributed by atoms with Crippen LogP contribution in [-0.4, -0.2) is 19.0 Å². The smallest absolute Gasteiger partial charge is 0.310 e. The molecule has 0 aliphatic carbocycles. The zero-order chi connectivity index (χ0) is 12.0. The lowest BCUT2D eigenvalue weighted by Gasteiger charge is -2.02. The highest BCUT2D eigenvalue weighted by molar-refractivity contribution is 5.92. The highest BCUT2D eigenvalue weighted by atomic mass is 16.5. The van der Waals surface area contributed by atoms with Crippen molar-refractivity contribution in [2.24, 2.45) is 5.73 Å². The van der Waals surface area contributed by atoms with Gasteiger partial charge in [0.15, 0.2) is 0 Å². The lowest BCUT2D eigenvalue weighted by Crippen LogP contribution is -2.07. The lowest BCUT2D eigenvalue weighted by atomic mass is 10.1. The Morgan fingerprint density at radius 3 is 2.69 bits per heavy atom. The third kappa shape index (κ3) is 3.46. The van der Waals surface area contributed by atoms with Gasteiger partial charge < -0.3 is 10.5 Å². The van der Waals surface area contributed by atoms with Gasteiger partial charge in [-0.05, 0) is 17.6 Å². The van der Waals surface area contributed by atoms with Gasteiger partial charge in [0.05, 0.1) is 13.5 Å². The van der Waals surface area contributed by atoms with E-state index in [9.17, 15) is 9.59 Å². The molecule has 16 heavy (non-hydrogen) atoms. The first-order chi connectivity index (χ1) is 7.63. The standard InChI is InChI=1S/C12H11NO3/c1-16-12(15)8-10-5-3-2-4-9(10)6-7-11(13)14/h2-5H,8H2,1H3,(H2,13,14). The Hall–Kier alpha value is -2.28. The minimum atomic E-state index is -0.701. The van der Waals surface area contributed by atoms with Crippen molar-refractivity contribution in [2.75, 3.05) is 7.11 Å². The fraction of sp³-hybridized carbons (Fsp3) is 0.167. The van der Waals surface area contributed by atoms with Gasteiger partial charge in [0.2, 0.25) is 0 Å². The third-order valence-corrected chi connectivity index (χ3v) is 1.90. The number of carbonyl (C=O) groups is 2. The Kier molecular flexibility index (Phi) is 4.10. The topological polar surface area (TPSA) is 69.4 Å². The fourth-order valence-electron chi connectivity index (χ4n) is 1.15. The van der Waals surface area contributed by atoms with Gasteiger partial charge in [-0.3, -0.25) is 9.59 Å². The van der Waals surface area contributed by atoms with E-state index in [1.54, 1.807) is 24.3 Å². The van der Waals surface area contributed by atoms with Crippen LogP contribution in [-0.2, 0) is 20.7 Å². The molecule has 0 atom stereocenters. The molecule has 0 unspecified atom stereocenters. The first-order valence-corrected chi connectivity index (χ1v) is 4.59. The van der Waals surface area contributed by atoms with Crippen LogP contribution in [0, 0.1) is 11.8 Å². The van der Waals surface area contributed by atoms with Crippen LogP contribution in [0.15, 0.2) is 24.3 Å². The predicted molar refractivity (Wildman–Crippen MR) is 58.2 cm³/mol. The van der Waals surface area contributed by atoms with E-state index >= 15 is 0 Å². The summed E-state index contributed by atoms with van der Waals surface area (Å²) in [6.07, 6.45) is 0.125. The van der Waals surface area contributed by atoms with E-state index in [0.29, 0.717) is 11.1 Å². The van der Waals surface area contributed by atoms with Crippen molar-refractivity contribution < 1.29 is 14.3 Å². The molecule has 82 valence electrons. The zero-order valence-corrected chi connectivity index (χ0v) is 8.82. The average molecular weight is 217 g/mol. The molecule has 0 bridgehead atoms. The minimum Gasteiger partial charge on any atom is -0.469 e. The Morgan fingerprint density at radius 1 is 1.38 bits per heavy atom. The molecule has 0 fully saturated rings. The summed E-state index contributed by atoms with van der Waals surface area (Å²) < 4.78 is 4.56. The Labute approximate surface area is 93.4 Å². The molecule has 1 aromatic rings. The van der Waals surface area contributed by atoms with Gasteiger partial charge in [0, 0.05) is 5.56 Å². The van der Waals surface area contributed by atoms with Gasteiger partial charge in [0.25, 0.3) is 5.91 Å². The Balaban J connectivity index is 2.97. The summed E-state index contributed by atoms with van der Waals surface area (Å²) in [5.41, 5.74) is 6.23. The monoisotopic (exact) mass is 217 g/mol. The maximum atomic E-state index is 11.1. The number of hydrogen-bond acceptors (Lipinski definition) is 3. The summed E-state index contributed by atoms with van der Waals surface area (Å²) in [6, 6.07) is 7.02. The van der Waals surface area contributed by atoms with Crippen molar-refractivity contribution in [3.8, 4) is 11.8 Å². The van der Waals surface area contributed by atoms with Crippen molar-refractivity contribution >= 4 is 11.9 Å². The van der Waals surface area contributed by atoms with Gasteiger partial charge in [-0.1, -0.05) is 24.1 Å². The van der Waals surface area contributed by atoms with Crippen molar-refractivity contribution in [1.82, 2.24) is 0 Å². The molecule has 4 nitrogen and oxygen atoms in total. The van der Waals surface area contributed by atoms with Crippen LogP contribution in [0.2, 0.25) is 0 Å². The van der Waals surface area contributed by atoms with Crippen LogP contribution in [0.4, 0.5) is 0 Å². The Bertz CT molecular complexity index is 469. The molecule has 0 saturated heterocycles. The third-order valence-electron chi connectivity index (χ3n) is 1.90. The van der Waals surface area contributed by atoms with Crippen LogP contribution >= 0.6 is 0 Å². The number of esters is 1. The largest absolute Gasteiger partial charge is 0.469 e. The van der Waals surface area contributed by atoms with E-state index in [2.05, 4.69) is 16.6 Å². The first kappa shape index (κ1) is 11.8. The summed E-state index contributed by atoms with van der Waals surface area (Å²) in [4.78, 5) is 21.6. The average Bonchev–Trinajstić information content (AvgIpc) is 2.27. The molecule has 0 heterocycles. The summed E-state index contributed by atoms with van der Waals surface area (Å²) >= 11 is 0. The van der Waals surface area contributed by atoms with E-state index in [0.717, 1.165) is 0 Å². The molecule has 1 aromatic carbocycles. The summed E-state index contributed by atoms with van der Waals surface area (Å²) in [7, 11) is 1.32. The van der Waals surface area contributed by atoms with Gasteiger partial charge in [-0.2, -0.15) is 0 Å². The van der Waals surface area contributed by atoms with Crippen molar-refractivity contribution in [2.45, 2.75) is 6.42 Å². The number of rotatable bonds is 2. The van der Waals surface area contributed by atoms with E-state index in [1.807, 2.05) is 0 Å². The molecule has 0 aliphatic heterocycles. The normalized spacial score (nSPS) is 8.81. The predicted octanol–water partition coefficient (Wildman–Crippen LogP) is 0.239. The molecule has 0 spiro atoms. The van der Waals surface area contributed by atoms with E-state index < -0.39 is 5.91 Å². The van der Waals surface area contributed by atoms with Gasteiger partial charge in [-0.25, -0.2) is 0 Å². The van der Waals surface area contributed by atoms with Crippen LogP contribution in [0.3, 0.4) is 0 Å². The molecule has 1 rings (SSSR count). The lowest BCUT2D eigenvalue weighted by molar-refractivity contribution is -0.139. The minimum absolute atomic E-state index is 0.125. The highest BCUT2D eigenvalue weighted by Crippen LogP contribution is 2.08. The molecule has 0 radical (unpaired) electrons. The second-order valence-electron chi connectivity index (χ2n) is 3.02. The molecule has 0 saturated carbocycles. The number of nitrogens with two attached hydrogens (primary N) is 1. The fourth-order valence-corrected chi connectivity index (χ4v) is 1.15. The number of carbonyl (C=O) groups excluding carboxylic acids is 2. The van der Waals surface area contributed by atoms with Crippen LogP contribution in [0.5, 0.6) is 0 Å². The van der Waals surface area contributed by atoms with Crippen LogP contribution in [0.1, 0.15) is 11.1 Å². The SMILES string of the molecule is COC(=O)Cc1ccccc1C#CC(N)=O. The summed E-state index contributed by atoms with van der Waals surface area (Å²) in [6.45, 7) is 0. The number of amides is 1. The second kappa shape index (κ2) is 5.56. The molecule has 0 aliphatic rings. The van der Waals surface area contributed by atoms with Crippen LogP contribution < -0.4 is 5.73 Å². The summed E-state index contributed by atoms with van der Waals surface area (Å²) in [5.74, 6) is 3.79.